The predicted octanol–water partition coefficient (Wildman–Crippen LogP) is 0.364. The number of hydrogen-bond donors (Lipinski definition) is 2. The first-order valence-electron chi connectivity index (χ1n) is 5.16. The van der Waals surface area contributed by atoms with E-state index >= 15 is 0 Å². The Hall–Kier alpha value is -1.01. The molecular weight excluding hydrogens is 224 g/mol. The van der Waals surface area contributed by atoms with Gasteiger partial charge in [-0.25, -0.2) is 0 Å². The van der Waals surface area contributed by atoms with Crippen LogP contribution in [0.4, 0.5) is 0 Å². The van der Waals surface area contributed by atoms with Gasteiger partial charge in [0, 0.05) is 29.9 Å². The first-order chi connectivity index (χ1) is 7.49. The average Bonchev–Trinajstić information content (AvgIpc) is 2.58. The van der Waals surface area contributed by atoms with Crippen molar-refractivity contribution in [1.82, 2.24) is 15.1 Å². The standard InChI is InChI=1S/C10H18N4OS/c1-7(2)13-9(10(11)15)6-16-8-4-12-14(3)5-8/h4-5,7,9,13H,6H2,1-3H3,(H2,11,15). The van der Waals surface area contributed by atoms with Gasteiger partial charge in [0.2, 0.25) is 5.91 Å². The first kappa shape index (κ1) is 13.1. The Balaban J connectivity index is 2.46. The zero-order valence-corrected chi connectivity index (χ0v) is 10.6. The van der Waals surface area contributed by atoms with Crippen LogP contribution in [0.3, 0.4) is 0 Å². The number of carbonyl (C=O) groups excluding carboxylic acids is 1. The molecule has 90 valence electrons. The third-order valence-electron chi connectivity index (χ3n) is 1.98. The largest absolute Gasteiger partial charge is 0.368 e. The highest BCUT2D eigenvalue weighted by atomic mass is 32.2. The van der Waals surface area contributed by atoms with Crippen LogP contribution in [-0.4, -0.2) is 33.5 Å². The molecule has 0 aliphatic rings. The second-order valence-corrected chi connectivity index (χ2v) is 5.03. The van der Waals surface area contributed by atoms with Crippen LogP contribution in [0.25, 0.3) is 0 Å². The maximum Gasteiger partial charge on any atom is 0.235 e. The molecule has 1 heterocycles. The summed E-state index contributed by atoms with van der Waals surface area (Å²) in [6.07, 6.45) is 3.69. The fraction of sp³-hybridized carbons (Fsp3) is 0.600. The Morgan fingerprint density at radius 2 is 2.38 bits per heavy atom. The van der Waals surface area contributed by atoms with Crippen LogP contribution in [0.2, 0.25) is 0 Å². The molecule has 5 nitrogen and oxygen atoms in total. The van der Waals surface area contributed by atoms with Gasteiger partial charge in [0.15, 0.2) is 0 Å². The monoisotopic (exact) mass is 242 g/mol. The van der Waals surface area contributed by atoms with Gasteiger partial charge in [0.1, 0.15) is 0 Å². The third-order valence-corrected chi connectivity index (χ3v) is 3.02. The summed E-state index contributed by atoms with van der Waals surface area (Å²) in [5, 5.41) is 7.19. The number of carbonyl (C=O) groups is 1. The molecule has 0 saturated heterocycles. The van der Waals surface area contributed by atoms with E-state index in [0.29, 0.717) is 5.75 Å². The van der Waals surface area contributed by atoms with E-state index in [1.165, 1.54) is 0 Å². The average molecular weight is 242 g/mol. The topological polar surface area (TPSA) is 72.9 Å². The molecule has 0 radical (unpaired) electrons. The van der Waals surface area contributed by atoms with Gasteiger partial charge < -0.3 is 11.1 Å². The molecule has 1 rings (SSSR count). The van der Waals surface area contributed by atoms with Crippen molar-refractivity contribution < 1.29 is 4.79 Å². The lowest BCUT2D eigenvalue weighted by atomic mass is 10.3. The fourth-order valence-electron chi connectivity index (χ4n) is 1.27. The van der Waals surface area contributed by atoms with Crippen molar-refractivity contribution in [3.8, 4) is 0 Å². The van der Waals surface area contributed by atoms with Crippen LogP contribution in [0, 0.1) is 0 Å². The third kappa shape index (κ3) is 4.24. The SMILES string of the molecule is CC(C)NC(CSc1cnn(C)c1)C(N)=O. The zero-order valence-electron chi connectivity index (χ0n) is 9.80. The van der Waals surface area contributed by atoms with Crippen molar-refractivity contribution in [3.63, 3.8) is 0 Å². The van der Waals surface area contributed by atoms with Crippen LogP contribution >= 0.6 is 11.8 Å². The van der Waals surface area contributed by atoms with E-state index in [1.54, 1.807) is 22.6 Å². The Kier molecular flexibility index (Phi) is 4.82. The van der Waals surface area contributed by atoms with Gasteiger partial charge in [-0.3, -0.25) is 9.48 Å². The summed E-state index contributed by atoms with van der Waals surface area (Å²) < 4.78 is 1.73. The molecule has 0 aliphatic carbocycles. The van der Waals surface area contributed by atoms with Gasteiger partial charge in [-0.1, -0.05) is 13.8 Å². The number of nitrogens with one attached hydrogen (secondary N) is 1. The molecular formula is C10H18N4OS. The van der Waals surface area contributed by atoms with Crippen LogP contribution in [0.5, 0.6) is 0 Å². The molecule has 0 saturated carbocycles. The number of primary amides is 1. The van der Waals surface area contributed by atoms with E-state index in [2.05, 4.69) is 10.4 Å². The summed E-state index contributed by atoms with van der Waals surface area (Å²) in [5.41, 5.74) is 5.32. The van der Waals surface area contributed by atoms with Gasteiger partial charge in [-0.05, 0) is 0 Å². The number of nitrogens with two attached hydrogens (primary N) is 1. The number of amides is 1. The molecule has 1 amide bonds. The molecule has 3 N–H and O–H groups in total. The second kappa shape index (κ2) is 5.91. The van der Waals surface area contributed by atoms with E-state index < -0.39 is 0 Å². The van der Waals surface area contributed by atoms with E-state index in [1.807, 2.05) is 27.1 Å². The minimum atomic E-state index is -0.315. The maximum absolute atomic E-state index is 11.2. The Morgan fingerprint density at radius 1 is 1.69 bits per heavy atom. The lowest BCUT2D eigenvalue weighted by molar-refractivity contribution is -0.119. The molecule has 6 heteroatoms. The molecule has 1 aromatic heterocycles. The highest BCUT2D eigenvalue weighted by Gasteiger charge is 2.16. The highest BCUT2D eigenvalue weighted by molar-refractivity contribution is 7.99. The number of thioether (sulfide) groups is 1. The van der Waals surface area contributed by atoms with Crippen molar-refractivity contribution in [2.24, 2.45) is 12.8 Å². The molecule has 16 heavy (non-hydrogen) atoms. The molecule has 0 spiro atoms. The minimum absolute atomic E-state index is 0.243. The number of hydrogen-bond acceptors (Lipinski definition) is 4. The van der Waals surface area contributed by atoms with Crippen LogP contribution in [0.1, 0.15) is 13.8 Å². The summed E-state index contributed by atoms with van der Waals surface area (Å²) in [5.74, 6) is 0.309. The van der Waals surface area contributed by atoms with Crippen molar-refractivity contribution in [2.75, 3.05) is 5.75 Å². The quantitative estimate of drug-likeness (QED) is 0.707. The summed E-state index contributed by atoms with van der Waals surface area (Å²) in [6, 6.07) is -0.0581. The molecule has 0 aromatic carbocycles. The number of aryl methyl sites for hydroxylation is 1. The van der Waals surface area contributed by atoms with Crippen molar-refractivity contribution in [3.05, 3.63) is 12.4 Å². The summed E-state index contributed by atoms with van der Waals surface area (Å²) >= 11 is 1.57. The van der Waals surface area contributed by atoms with E-state index in [0.717, 1.165) is 4.90 Å². The van der Waals surface area contributed by atoms with Crippen molar-refractivity contribution in [1.29, 1.82) is 0 Å². The van der Waals surface area contributed by atoms with Gasteiger partial charge in [0.05, 0.1) is 12.2 Å². The molecule has 0 bridgehead atoms. The Bertz CT molecular complexity index is 350. The van der Waals surface area contributed by atoms with E-state index in [-0.39, 0.29) is 18.0 Å². The van der Waals surface area contributed by atoms with Gasteiger partial charge >= 0.3 is 0 Å². The Morgan fingerprint density at radius 3 is 2.81 bits per heavy atom. The normalized spacial score (nSPS) is 13.0. The molecule has 0 fully saturated rings. The molecule has 0 aliphatic heterocycles. The van der Waals surface area contributed by atoms with Crippen LogP contribution in [-0.2, 0) is 11.8 Å². The minimum Gasteiger partial charge on any atom is -0.368 e. The van der Waals surface area contributed by atoms with Gasteiger partial charge in [-0.15, -0.1) is 11.8 Å². The lowest BCUT2D eigenvalue weighted by Crippen LogP contribution is -2.46. The summed E-state index contributed by atoms with van der Waals surface area (Å²) in [6.45, 7) is 3.98. The number of nitrogens with zero attached hydrogens (tertiary/aromatic N) is 2. The predicted molar refractivity (Wildman–Crippen MR) is 65.2 cm³/mol. The van der Waals surface area contributed by atoms with E-state index in [4.69, 9.17) is 5.73 Å². The molecule has 1 atom stereocenters. The molecule has 1 unspecified atom stereocenters. The van der Waals surface area contributed by atoms with Crippen molar-refractivity contribution in [2.45, 2.75) is 30.8 Å². The second-order valence-electron chi connectivity index (χ2n) is 3.94. The van der Waals surface area contributed by atoms with Gasteiger partial charge in [0.25, 0.3) is 0 Å². The highest BCUT2D eigenvalue weighted by Crippen LogP contribution is 2.17. The smallest absolute Gasteiger partial charge is 0.235 e. The zero-order chi connectivity index (χ0) is 12.1. The van der Waals surface area contributed by atoms with Gasteiger partial charge in [-0.2, -0.15) is 5.10 Å². The fourth-order valence-corrected chi connectivity index (χ4v) is 2.24. The maximum atomic E-state index is 11.2. The summed E-state index contributed by atoms with van der Waals surface area (Å²) in [4.78, 5) is 12.2. The number of rotatable bonds is 6. The first-order valence-corrected chi connectivity index (χ1v) is 6.14. The Labute approximate surface area is 99.8 Å². The lowest BCUT2D eigenvalue weighted by Gasteiger charge is -2.17. The molecule has 1 aromatic rings. The van der Waals surface area contributed by atoms with Crippen LogP contribution in [0.15, 0.2) is 17.3 Å². The number of aromatic nitrogens is 2. The van der Waals surface area contributed by atoms with E-state index in [9.17, 15) is 4.79 Å². The van der Waals surface area contributed by atoms with Crippen LogP contribution < -0.4 is 11.1 Å². The van der Waals surface area contributed by atoms with Crippen molar-refractivity contribution >= 4 is 17.7 Å². The summed E-state index contributed by atoms with van der Waals surface area (Å²) in [7, 11) is 1.86.